The monoisotopic (exact) mass is 428 g/mol. The van der Waals surface area contributed by atoms with Gasteiger partial charge in [0.25, 0.3) is 5.69 Å². The molecule has 0 unspecified atom stereocenters. The van der Waals surface area contributed by atoms with Gasteiger partial charge in [0.1, 0.15) is 6.04 Å². The van der Waals surface area contributed by atoms with Crippen molar-refractivity contribution in [3.63, 3.8) is 0 Å². The van der Waals surface area contributed by atoms with E-state index < -0.39 is 29.3 Å². The van der Waals surface area contributed by atoms with Gasteiger partial charge in [-0.2, -0.15) is 0 Å². The molecule has 2 saturated carbocycles. The first-order chi connectivity index (χ1) is 14.7. The van der Waals surface area contributed by atoms with Crippen LogP contribution in [0.2, 0.25) is 0 Å². The van der Waals surface area contributed by atoms with Gasteiger partial charge >= 0.3 is 5.97 Å². The molecule has 9 nitrogen and oxygen atoms in total. The smallest absolute Gasteiger partial charge is 0.330 e. The zero-order valence-electron chi connectivity index (χ0n) is 17.4. The number of rotatable bonds is 7. The number of carbonyl (C=O) groups excluding carboxylic acids is 4. The summed E-state index contributed by atoms with van der Waals surface area (Å²) in [6.45, 7) is 2.88. The summed E-state index contributed by atoms with van der Waals surface area (Å²) >= 11 is 0. The summed E-state index contributed by atoms with van der Waals surface area (Å²) in [6.07, 6.45) is 2.79. The van der Waals surface area contributed by atoms with Crippen LogP contribution in [0.3, 0.4) is 0 Å². The maximum Gasteiger partial charge on any atom is 0.330 e. The first kappa shape index (κ1) is 21.1. The zero-order valence-corrected chi connectivity index (χ0v) is 17.4. The molecule has 1 aromatic rings. The number of carbonyl (C=O) groups is 4. The Hall–Kier alpha value is -3.10. The number of non-ortho nitro benzene ring substituents is 1. The lowest BCUT2D eigenvalue weighted by Gasteiger charge is -2.28. The van der Waals surface area contributed by atoms with E-state index in [0.29, 0.717) is 0 Å². The van der Waals surface area contributed by atoms with Gasteiger partial charge in [0.2, 0.25) is 11.8 Å². The highest BCUT2D eigenvalue weighted by atomic mass is 16.6. The van der Waals surface area contributed by atoms with E-state index >= 15 is 0 Å². The minimum Gasteiger partial charge on any atom is -0.456 e. The molecular weight excluding hydrogens is 404 g/mol. The van der Waals surface area contributed by atoms with Gasteiger partial charge < -0.3 is 4.74 Å². The molecule has 2 amide bonds. The second-order valence-electron chi connectivity index (χ2n) is 8.95. The molecule has 31 heavy (non-hydrogen) atoms. The molecule has 0 aromatic heterocycles. The molecule has 2 bridgehead atoms. The molecule has 2 aliphatic carbocycles. The molecule has 1 aromatic carbocycles. The zero-order chi connectivity index (χ0) is 22.4. The third-order valence-electron chi connectivity index (χ3n) is 6.86. The second-order valence-corrected chi connectivity index (χ2v) is 8.95. The number of nitro groups is 1. The van der Waals surface area contributed by atoms with E-state index in [-0.39, 0.29) is 52.7 Å². The van der Waals surface area contributed by atoms with Crippen LogP contribution in [0.1, 0.15) is 43.5 Å². The number of imide groups is 1. The highest BCUT2D eigenvalue weighted by Crippen LogP contribution is 2.56. The van der Waals surface area contributed by atoms with Crippen LogP contribution in [0.15, 0.2) is 24.3 Å². The van der Waals surface area contributed by atoms with E-state index in [4.69, 9.17) is 4.74 Å². The number of nitro benzene ring substituents is 1. The van der Waals surface area contributed by atoms with Gasteiger partial charge in [0.15, 0.2) is 12.4 Å². The summed E-state index contributed by atoms with van der Waals surface area (Å²) in [5.74, 6) is -2.51. The van der Waals surface area contributed by atoms with Crippen molar-refractivity contribution in [1.82, 2.24) is 4.90 Å². The first-order valence-electron chi connectivity index (χ1n) is 10.5. The van der Waals surface area contributed by atoms with Crippen molar-refractivity contribution in [2.24, 2.45) is 29.6 Å². The fourth-order valence-electron chi connectivity index (χ4n) is 5.46. The quantitative estimate of drug-likeness (QED) is 0.215. The number of hydrogen-bond acceptors (Lipinski definition) is 7. The summed E-state index contributed by atoms with van der Waals surface area (Å²) in [6, 6.07) is 3.90. The molecule has 164 valence electrons. The number of nitrogens with zero attached hydrogens (tertiary/aromatic N) is 2. The Kier molecular flexibility index (Phi) is 5.36. The highest BCUT2D eigenvalue weighted by molar-refractivity contribution is 6.09. The predicted molar refractivity (Wildman–Crippen MR) is 107 cm³/mol. The van der Waals surface area contributed by atoms with Crippen LogP contribution in [-0.2, 0) is 19.1 Å². The topological polar surface area (TPSA) is 124 Å². The van der Waals surface area contributed by atoms with Gasteiger partial charge in [-0.05, 0) is 49.1 Å². The number of ether oxygens (including phenoxy) is 1. The van der Waals surface area contributed by atoms with Crippen LogP contribution in [0.25, 0.3) is 0 Å². The number of benzene rings is 1. The third-order valence-corrected chi connectivity index (χ3v) is 6.86. The number of amides is 2. The molecule has 3 aliphatic rings. The molecule has 1 aliphatic heterocycles. The van der Waals surface area contributed by atoms with Crippen LogP contribution in [0.5, 0.6) is 0 Å². The van der Waals surface area contributed by atoms with Gasteiger partial charge in [-0.15, -0.1) is 0 Å². The summed E-state index contributed by atoms with van der Waals surface area (Å²) in [5.41, 5.74) is 0.0120. The van der Waals surface area contributed by atoms with Crippen molar-refractivity contribution in [1.29, 1.82) is 0 Å². The highest BCUT2D eigenvalue weighted by Gasteiger charge is 2.62. The summed E-state index contributed by atoms with van der Waals surface area (Å²) in [7, 11) is 0. The Balaban J connectivity index is 1.44. The largest absolute Gasteiger partial charge is 0.456 e. The molecule has 0 radical (unpaired) electrons. The van der Waals surface area contributed by atoms with Crippen LogP contribution < -0.4 is 0 Å². The van der Waals surface area contributed by atoms with E-state index in [9.17, 15) is 29.3 Å². The number of likely N-dealkylation sites (tertiary alicyclic amines) is 1. The molecule has 1 heterocycles. The maximum absolute atomic E-state index is 13.1. The Morgan fingerprint density at radius 3 is 2.13 bits per heavy atom. The Morgan fingerprint density at radius 1 is 1.10 bits per heavy atom. The van der Waals surface area contributed by atoms with Crippen LogP contribution in [-0.4, -0.2) is 46.0 Å². The summed E-state index contributed by atoms with van der Waals surface area (Å²) in [5, 5.41) is 10.7. The molecule has 9 heteroatoms. The maximum atomic E-state index is 13.1. The molecule has 0 spiro atoms. The normalized spacial score (nSPS) is 27.5. The number of hydrogen-bond donors (Lipinski definition) is 0. The number of fused-ring (bicyclic) bond motifs is 5. The van der Waals surface area contributed by atoms with Crippen molar-refractivity contribution in [2.75, 3.05) is 6.61 Å². The van der Waals surface area contributed by atoms with Gasteiger partial charge in [-0.1, -0.05) is 13.8 Å². The average Bonchev–Trinajstić information content (AvgIpc) is 3.42. The third kappa shape index (κ3) is 3.51. The predicted octanol–water partition coefficient (Wildman–Crippen LogP) is 2.38. The summed E-state index contributed by atoms with van der Waals surface area (Å²) in [4.78, 5) is 62.5. The Bertz CT molecular complexity index is 927. The fraction of sp³-hybridized carbons (Fsp3) is 0.545. The van der Waals surface area contributed by atoms with Crippen LogP contribution in [0.4, 0.5) is 5.69 Å². The molecule has 5 atom stereocenters. The van der Waals surface area contributed by atoms with Crippen molar-refractivity contribution >= 4 is 29.3 Å². The minimum absolute atomic E-state index is 0.154. The number of esters is 1. The van der Waals surface area contributed by atoms with Crippen molar-refractivity contribution < 1.29 is 28.8 Å². The molecule has 0 N–H and O–H groups in total. The lowest BCUT2D eigenvalue weighted by atomic mass is 9.81. The molecule has 3 fully saturated rings. The average molecular weight is 428 g/mol. The minimum atomic E-state index is -1.07. The Labute approximate surface area is 178 Å². The van der Waals surface area contributed by atoms with E-state index in [2.05, 4.69) is 0 Å². The van der Waals surface area contributed by atoms with E-state index in [1.165, 1.54) is 24.3 Å². The van der Waals surface area contributed by atoms with E-state index in [1.54, 1.807) is 13.8 Å². The number of ketones is 1. The van der Waals surface area contributed by atoms with Crippen LogP contribution in [0, 0.1) is 39.7 Å². The van der Waals surface area contributed by atoms with Crippen molar-refractivity contribution in [3.8, 4) is 0 Å². The molecule has 1 saturated heterocycles. The lowest BCUT2D eigenvalue weighted by Crippen LogP contribution is -2.50. The first-order valence-corrected chi connectivity index (χ1v) is 10.5. The van der Waals surface area contributed by atoms with Gasteiger partial charge in [0.05, 0.1) is 16.8 Å². The fourth-order valence-corrected chi connectivity index (χ4v) is 5.46. The SMILES string of the molecule is CC(C)[C@@H](C(=O)OCC(=O)c1ccc([N+](=O)[O-])cc1)N1C(=O)[C@H]2[C@@H]3CC[C@@H](C3)[C@@H]2C1=O. The molecular formula is C22H24N2O7. The van der Waals surface area contributed by atoms with Gasteiger partial charge in [-0.3, -0.25) is 29.4 Å². The summed E-state index contributed by atoms with van der Waals surface area (Å²) < 4.78 is 5.19. The molecule has 4 rings (SSSR count). The van der Waals surface area contributed by atoms with Gasteiger partial charge in [0, 0.05) is 17.7 Å². The van der Waals surface area contributed by atoms with Crippen molar-refractivity contribution in [2.45, 2.75) is 39.2 Å². The van der Waals surface area contributed by atoms with E-state index in [1.807, 2.05) is 0 Å². The van der Waals surface area contributed by atoms with Crippen LogP contribution >= 0.6 is 0 Å². The lowest BCUT2D eigenvalue weighted by molar-refractivity contribution is -0.384. The van der Waals surface area contributed by atoms with E-state index in [0.717, 1.165) is 24.2 Å². The second kappa shape index (κ2) is 7.86. The standard InChI is InChI=1S/C22H24N2O7/c1-11(2)19(23-20(26)17-13-3-4-14(9-13)18(17)21(23)27)22(28)31-10-16(25)12-5-7-15(8-6-12)24(29)30/h5-8,11,13-14,17-19H,3-4,9-10H2,1-2H3/t13-,14+,17-,18-,19-/m0/s1. The van der Waals surface area contributed by atoms with Crippen molar-refractivity contribution in [3.05, 3.63) is 39.9 Å². The number of Topliss-reactive ketones (excluding diaryl/α,β-unsaturated/α-hetero) is 1. The Morgan fingerprint density at radius 2 is 1.65 bits per heavy atom. The van der Waals surface area contributed by atoms with Gasteiger partial charge in [-0.25, -0.2) is 4.79 Å².